The van der Waals surface area contributed by atoms with Crippen molar-refractivity contribution in [2.75, 3.05) is 0 Å². The van der Waals surface area contributed by atoms with Gasteiger partial charge >= 0.3 is 0 Å². The molecule has 0 saturated carbocycles. The second kappa shape index (κ2) is 3.05. The van der Waals surface area contributed by atoms with Gasteiger partial charge in [-0.3, -0.25) is 0 Å². The Hall–Kier alpha value is -1.18. The van der Waals surface area contributed by atoms with Crippen LogP contribution in [0, 0.1) is 18.6 Å². The predicted octanol–water partition coefficient (Wildman–Crippen LogP) is 3.31. The summed E-state index contributed by atoms with van der Waals surface area (Å²) >= 11 is 0. The molecular weight excluding hydrogens is 158 g/mol. The molecule has 0 saturated heterocycles. The van der Waals surface area contributed by atoms with Crippen LogP contribution in [0.25, 0.3) is 5.57 Å². The van der Waals surface area contributed by atoms with Gasteiger partial charge in [0.2, 0.25) is 0 Å². The molecule has 0 bridgehead atoms. The minimum Gasteiger partial charge on any atom is -0.204 e. The lowest BCUT2D eigenvalue weighted by atomic mass is 10.1. The molecule has 0 heterocycles. The fourth-order valence-electron chi connectivity index (χ4n) is 0.973. The molecule has 1 aromatic carbocycles. The molecule has 0 amide bonds. The first-order valence-corrected chi connectivity index (χ1v) is 3.64. The highest BCUT2D eigenvalue weighted by Gasteiger charge is 2.06. The largest absolute Gasteiger partial charge is 0.204 e. The first kappa shape index (κ1) is 8.91. The minimum atomic E-state index is -0.812. The van der Waals surface area contributed by atoms with Crippen LogP contribution in [-0.2, 0) is 0 Å². The summed E-state index contributed by atoms with van der Waals surface area (Å²) < 4.78 is 25.6. The maximum absolute atomic E-state index is 12.8. The summed E-state index contributed by atoms with van der Waals surface area (Å²) in [4.78, 5) is 0. The fraction of sp³-hybridized carbons (Fsp3) is 0.200. The van der Waals surface area contributed by atoms with Crippen LogP contribution in [-0.4, -0.2) is 0 Å². The van der Waals surface area contributed by atoms with E-state index >= 15 is 0 Å². The molecule has 0 fully saturated rings. The molecule has 0 N–H and O–H groups in total. The van der Waals surface area contributed by atoms with E-state index in [1.165, 1.54) is 6.92 Å². The summed E-state index contributed by atoms with van der Waals surface area (Å²) in [5, 5.41) is 0. The monoisotopic (exact) mass is 168 g/mol. The number of halogens is 2. The van der Waals surface area contributed by atoms with Crippen molar-refractivity contribution in [3.63, 3.8) is 0 Å². The van der Waals surface area contributed by atoms with Crippen LogP contribution in [0.4, 0.5) is 8.78 Å². The van der Waals surface area contributed by atoms with Gasteiger partial charge in [-0.15, -0.1) is 0 Å². The van der Waals surface area contributed by atoms with E-state index in [0.717, 1.165) is 11.6 Å². The highest BCUT2D eigenvalue weighted by atomic mass is 19.2. The number of aryl methyl sites for hydroxylation is 1. The molecule has 0 aliphatic rings. The average molecular weight is 168 g/mol. The summed E-state index contributed by atoms with van der Waals surface area (Å²) in [5.74, 6) is -1.59. The van der Waals surface area contributed by atoms with Gasteiger partial charge in [0.1, 0.15) is 0 Å². The van der Waals surface area contributed by atoms with Gasteiger partial charge in [-0.2, -0.15) is 0 Å². The van der Waals surface area contributed by atoms with Crippen LogP contribution >= 0.6 is 0 Å². The zero-order valence-electron chi connectivity index (χ0n) is 7.12. The van der Waals surface area contributed by atoms with Gasteiger partial charge in [0, 0.05) is 0 Å². The summed E-state index contributed by atoms with van der Waals surface area (Å²) in [6.07, 6.45) is 0. The molecule has 0 nitrogen and oxygen atoms in total. The van der Waals surface area contributed by atoms with Gasteiger partial charge in [0.25, 0.3) is 0 Å². The molecule has 0 spiro atoms. The fourth-order valence-corrected chi connectivity index (χ4v) is 0.973. The van der Waals surface area contributed by atoms with Gasteiger partial charge in [-0.1, -0.05) is 12.2 Å². The van der Waals surface area contributed by atoms with Crippen molar-refractivity contribution in [2.24, 2.45) is 0 Å². The molecule has 1 rings (SSSR count). The smallest absolute Gasteiger partial charge is 0.161 e. The van der Waals surface area contributed by atoms with Crippen molar-refractivity contribution >= 4 is 5.57 Å². The number of benzene rings is 1. The Labute approximate surface area is 70.5 Å². The number of rotatable bonds is 1. The Morgan fingerprint density at radius 2 is 1.92 bits per heavy atom. The zero-order chi connectivity index (χ0) is 9.30. The van der Waals surface area contributed by atoms with Crippen LogP contribution in [0.15, 0.2) is 18.7 Å². The van der Waals surface area contributed by atoms with E-state index in [-0.39, 0.29) is 0 Å². The van der Waals surface area contributed by atoms with Crippen molar-refractivity contribution in [2.45, 2.75) is 13.8 Å². The van der Waals surface area contributed by atoms with Gasteiger partial charge in [-0.05, 0) is 37.1 Å². The molecule has 0 aromatic heterocycles. The van der Waals surface area contributed by atoms with Crippen molar-refractivity contribution < 1.29 is 8.78 Å². The second-order valence-corrected chi connectivity index (χ2v) is 2.87. The lowest BCUT2D eigenvalue weighted by molar-refractivity contribution is 0.503. The molecule has 64 valence electrons. The Bertz CT molecular complexity index is 304. The Morgan fingerprint density at radius 1 is 1.33 bits per heavy atom. The topological polar surface area (TPSA) is 0 Å². The van der Waals surface area contributed by atoms with Gasteiger partial charge < -0.3 is 0 Å². The summed E-state index contributed by atoms with van der Waals surface area (Å²) in [6, 6.07) is 2.74. The van der Waals surface area contributed by atoms with Gasteiger partial charge in [-0.25, -0.2) is 8.78 Å². The molecule has 0 atom stereocenters. The molecule has 0 aliphatic carbocycles. The molecule has 1 aromatic rings. The van der Waals surface area contributed by atoms with E-state index in [1.54, 1.807) is 13.0 Å². The van der Waals surface area contributed by atoms with E-state index in [2.05, 4.69) is 6.58 Å². The van der Waals surface area contributed by atoms with Crippen LogP contribution in [0.3, 0.4) is 0 Å². The van der Waals surface area contributed by atoms with Crippen molar-refractivity contribution in [3.8, 4) is 0 Å². The lowest BCUT2D eigenvalue weighted by Gasteiger charge is -2.03. The summed E-state index contributed by atoms with van der Waals surface area (Å²) in [6.45, 7) is 6.94. The SMILES string of the molecule is C=C(C)c1cc(C)c(F)c(F)c1. The Kier molecular flexibility index (Phi) is 2.27. The van der Waals surface area contributed by atoms with Gasteiger partial charge in [0.05, 0.1) is 0 Å². The molecule has 2 heteroatoms. The van der Waals surface area contributed by atoms with Crippen molar-refractivity contribution in [1.82, 2.24) is 0 Å². The molecule has 0 radical (unpaired) electrons. The lowest BCUT2D eigenvalue weighted by Crippen LogP contribution is -1.91. The number of hydrogen-bond acceptors (Lipinski definition) is 0. The van der Waals surface area contributed by atoms with E-state index in [9.17, 15) is 8.78 Å². The Morgan fingerprint density at radius 3 is 2.33 bits per heavy atom. The first-order chi connectivity index (χ1) is 5.52. The molecule has 0 unspecified atom stereocenters. The molecular formula is C10H10F2. The third-order valence-corrected chi connectivity index (χ3v) is 1.70. The van der Waals surface area contributed by atoms with Crippen LogP contribution < -0.4 is 0 Å². The third kappa shape index (κ3) is 1.52. The average Bonchev–Trinajstić information content (AvgIpc) is 1.99. The van der Waals surface area contributed by atoms with Crippen LogP contribution in [0.1, 0.15) is 18.1 Å². The highest BCUT2D eigenvalue weighted by molar-refractivity contribution is 5.61. The Balaban J connectivity index is 3.31. The maximum atomic E-state index is 12.8. The third-order valence-electron chi connectivity index (χ3n) is 1.70. The number of hydrogen-bond donors (Lipinski definition) is 0. The maximum Gasteiger partial charge on any atom is 0.161 e. The normalized spacial score (nSPS) is 10.0. The van der Waals surface area contributed by atoms with Crippen molar-refractivity contribution in [1.29, 1.82) is 0 Å². The molecule has 0 aliphatic heterocycles. The van der Waals surface area contributed by atoms with E-state index in [1.807, 2.05) is 0 Å². The molecule has 12 heavy (non-hydrogen) atoms. The summed E-state index contributed by atoms with van der Waals surface area (Å²) in [7, 11) is 0. The minimum absolute atomic E-state index is 0.313. The van der Waals surface area contributed by atoms with E-state index in [4.69, 9.17) is 0 Å². The standard InChI is InChI=1S/C10H10F2/c1-6(2)8-4-7(3)10(12)9(11)5-8/h4-5H,1H2,2-3H3. The predicted molar refractivity (Wildman–Crippen MR) is 45.8 cm³/mol. The first-order valence-electron chi connectivity index (χ1n) is 3.64. The van der Waals surface area contributed by atoms with E-state index in [0.29, 0.717) is 11.1 Å². The highest BCUT2D eigenvalue weighted by Crippen LogP contribution is 2.18. The quantitative estimate of drug-likeness (QED) is 0.603. The zero-order valence-corrected chi connectivity index (χ0v) is 7.12. The van der Waals surface area contributed by atoms with Crippen LogP contribution in [0.2, 0.25) is 0 Å². The van der Waals surface area contributed by atoms with E-state index < -0.39 is 11.6 Å². The number of allylic oxidation sites excluding steroid dienone is 1. The summed E-state index contributed by atoms with van der Waals surface area (Å²) in [5.41, 5.74) is 1.69. The van der Waals surface area contributed by atoms with Crippen LogP contribution in [0.5, 0.6) is 0 Å². The van der Waals surface area contributed by atoms with Crippen molar-refractivity contribution in [3.05, 3.63) is 41.5 Å². The second-order valence-electron chi connectivity index (χ2n) is 2.87. The van der Waals surface area contributed by atoms with Gasteiger partial charge in [0.15, 0.2) is 11.6 Å².